The molecule has 3 aromatic carbocycles. The average Bonchev–Trinajstić information content (AvgIpc) is 2.95. The lowest BCUT2D eigenvalue weighted by molar-refractivity contribution is 0.363. The van der Waals surface area contributed by atoms with Gasteiger partial charge in [0.1, 0.15) is 12.4 Å². The fourth-order valence-corrected chi connectivity index (χ4v) is 4.49. The van der Waals surface area contributed by atoms with Gasteiger partial charge in [-0.15, -0.1) is 11.3 Å². The molecule has 0 spiro atoms. The van der Waals surface area contributed by atoms with Crippen molar-refractivity contribution < 1.29 is 4.74 Å². The Morgan fingerprint density at radius 2 is 1.62 bits per heavy atom. The van der Waals surface area contributed by atoms with Crippen LogP contribution in [0.15, 0.2) is 54.6 Å². The maximum absolute atomic E-state index is 5.96. The number of thiophene rings is 1. The average molecular weight is 288 g/mol. The first-order chi connectivity index (χ1) is 10.4. The number of rotatable bonds is 0. The Morgan fingerprint density at radius 3 is 2.52 bits per heavy atom. The first kappa shape index (κ1) is 11.4. The Kier molecular flexibility index (Phi) is 2.21. The summed E-state index contributed by atoms with van der Waals surface area (Å²) in [6.07, 6.45) is 4.31. The van der Waals surface area contributed by atoms with E-state index in [1.165, 1.54) is 36.5 Å². The van der Waals surface area contributed by atoms with Crippen LogP contribution >= 0.6 is 11.3 Å². The van der Waals surface area contributed by atoms with Crippen LogP contribution in [-0.4, -0.2) is 6.61 Å². The summed E-state index contributed by atoms with van der Waals surface area (Å²) in [7, 11) is 0. The molecule has 0 saturated heterocycles. The molecule has 0 saturated carbocycles. The van der Waals surface area contributed by atoms with Crippen molar-refractivity contribution in [3.8, 4) is 5.75 Å². The van der Waals surface area contributed by atoms with Crippen molar-refractivity contribution in [3.05, 3.63) is 60.2 Å². The second-order valence-electron chi connectivity index (χ2n) is 5.30. The minimum atomic E-state index is 0.660. The smallest absolute Gasteiger partial charge is 0.136 e. The Labute approximate surface area is 126 Å². The summed E-state index contributed by atoms with van der Waals surface area (Å²) in [4.78, 5) is 0. The topological polar surface area (TPSA) is 9.23 Å². The molecule has 1 nitrogen and oxygen atoms in total. The van der Waals surface area contributed by atoms with Crippen molar-refractivity contribution in [2.75, 3.05) is 6.61 Å². The number of fused-ring (bicyclic) bond motifs is 8. The van der Waals surface area contributed by atoms with E-state index in [0.29, 0.717) is 6.61 Å². The highest BCUT2D eigenvalue weighted by atomic mass is 32.1. The molecule has 1 aromatic heterocycles. The Morgan fingerprint density at radius 1 is 0.857 bits per heavy atom. The lowest BCUT2D eigenvalue weighted by Crippen LogP contribution is -2.01. The fourth-order valence-electron chi connectivity index (χ4n) is 3.25. The highest BCUT2D eigenvalue weighted by Crippen LogP contribution is 2.46. The molecule has 2 heteroatoms. The molecule has 0 bridgehead atoms. The third kappa shape index (κ3) is 1.45. The fraction of sp³-hybridized carbons (Fsp3) is 0.0526. The van der Waals surface area contributed by atoms with Gasteiger partial charge >= 0.3 is 0 Å². The molecule has 5 rings (SSSR count). The van der Waals surface area contributed by atoms with Crippen LogP contribution in [0.3, 0.4) is 0 Å². The summed E-state index contributed by atoms with van der Waals surface area (Å²) < 4.78 is 8.63. The van der Waals surface area contributed by atoms with E-state index in [1.54, 1.807) is 0 Å². The van der Waals surface area contributed by atoms with Crippen LogP contribution in [0.2, 0.25) is 0 Å². The van der Waals surface area contributed by atoms with Gasteiger partial charge in [0.25, 0.3) is 0 Å². The van der Waals surface area contributed by atoms with Gasteiger partial charge in [-0.1, -0.05) is 48.5 Å². The van der Waals surface area contributed by atoms with Gasteiger partial charge in [-0.2, -0.15) is 0 Å². The normalized spacial score (nSPS) is 13.7. The first-order valence-electron chi connectivity index (χ1n) is 7.09. The molecule has 0 N–H and O–H groups in total. The van der Waals surface area contributed by atoms with Crippen molar-refractivity contribution in [1.29, 1.82) is 0 Å². The van der Waals surface area contributed by atoms with E-state index in [-0.39, 0.29) is 0 Å². The highest BCUT2D eigenvalue weighted by molar-refractivity contribution is 7.26. The van der Waals surface area contributed by atoms with E-state index in [9.17, 15) is 0 Å². The van der Waals surface area contributed by atoms with Gasteiger partial charge in [0.2, 0.25) is 0 Å². The lowest BCUT2D eigenvalue weighted by Gasteiger charge is -2.16. The molecule has 0 unspecified atom stereocenters. The second-order valence-corrected chi connectivity index (χ2v) is 6.36. The van der Waals surface area contributed by atoms with E-state index in [2.05, 4.69) is 60.7 Å². The molecule has 1 aliphatic heterocycles. The molecule has 0 amide bonds. The molecular weight excluding hydrogens is 276 g/mol. The van der Waals surface area contributed by atoms with Crippen molar-refractivity contribution in [2.24, 2.45) is 0 Å². The minimum absolute atomic E-state index is 0.660. The van der Waals surface area contributed by atoms with Gasteiger partial charge in [0.15, 0.2) is 0 Å². The maximum atomic E-state index is 5.96. The van der Waals surface area contributed by atoms with Gasteiger partial charge < -0.3 is 4.74 Å². The van der Waals surface area contributed by atoms with Gasteiger partial charge in [0.05, 0.1) is 0 Å². The van der Waals surface area contributed by atoms with Crippen LogP contribution in [-0.2, 0) is 0 Å². The largest absolute Gasteiger partial charge is 0.488 e. The Balaban J connectivity index is 2.16. The third-order valence-corrected chi connectivity index (χ3v) is 5.34. The molecule has 21 heavy (non-hydrogen) atoms. The number of hydrogen-bond acceptors (Lipinski definition) is 2. The summed E-state index contributed by atoms with van der Waals surface area (Å²) >= 11 is 1.86. The molecule has 0 radical (unpaired) electrons. The summed E-state index contributed by atoms with van der Waals surface area (Å²) in [6.45, 7) is 0.660. The van der Waals surface area contributed by atoms with Gasteiger partial charge in [-0.25, -0.2) is 0 Å². The number of ether oxygens (including phenoxy) is 1. The predicted molar refractivity (Wildman–Crippen MR) is 91.4 cm³/mol. The molecule has 0 fully saturated rings. The zero-order valence-electron chi connectivity index (χ0n) is 11.3. The third-order valence-electron chi connectivity index (χ3n) is 4.13. The van der Waals surface area contributed by atoms with E-state index >= 15 is 0 Å². The standard InChI is InChI=1S/C19H12OS/c1-2-7-13-12(6-1)17-14-8-3-4-10-16(14)21-19(17)15-9-5-11-20-18(13)15/h1-10H,11H2. The highest BCUT2D eigenvalue weighted by Gasteiger charge is 2.19. The van der Waals surface area contributed by atoms with Crippen LogP contribution in [0, 0.1) is 0 Å². The Hall–Kier alpha value is -2.32. The number of hydrogen-bond donors (Lipinski definition) is 0. The minimum Gasteiger partial charge on any atom is -0.488 e. The van der Waals surface area contributed by atoms with Crippen LogP contribution in [0.25, 0.3) is 37.0 Å². The van der Waals surface area contributed by atoms with Gasteiger partial charge in [0, 0.05) is 31.1 Å². The van der Waals surface area contributed by atoms with E-state index < -0.39 is 0 Å². The molecular formula is C19H12OS. The van der Waals surface area contributed by atoms with Gasteiger partial charge in [-0.05, 0) is 17.5 Å². The summed E-state index contributed by atoms with van der Waals surface area (Å²) in [5.41, 5.74) is 1.23. The second kappa shape index (κ2) is 4.09. The molecule has 0 atom stereocenters. The van der Waals surface area contributed by atoms with E-state index in [1.807, 2.05) is 11.3 Å². The Bertz CT molecular complexity index is 1040. The van der Waals surface area contributed by atoms with Crippen LogP contribution in [0.4, 0.5) is 0 Å². The number of benzene rings is 3. The summed E-state index contributed by atoms with van der Waals surface area (Å²) in [5, 5.41) is 5.21. The van der Waals surface area contributed by atoms with Gasteiger partial charge in [-0.3, -0.25) is 0 Å². The summed E-state index contributed by atoms with van der Waals surface area (Å²) in [6, 6.07) is 17.2. The molecule has 100 valence electrons. The van der Waals surface area contributed by atoms with E-state index in [4.69, 9.17) is 4.74 Å². The van der Waals surface area contributed by atoms with Crippen LogP contribution in [0.5, 0.6) is 5.75 Å². The van der Waals surface area contributed by atoms with Crippen molar-refractivity contribution in [3.63, 3.8) is 0 Å². The van der Waals surface area contributed by atoms with Crippen molar-refractivity contribution >= 4 is 48.4 Å². The molecule has 1 aliphatic rings. The predicted octanol–water partition coefficient (Wildman–Crippen LogP) is 5.61. The summed E-state index contributed by atoms with van der Waals surface area (Å²) in [5.74, 6) is 1.03. The zero-order valence-corrected chi connectivity index (χ0v) is 12.1. The SMILES string of the molecule is C1=Cc2c(c3ccccc3c3c2sc2ccccc23)OC1. The molecule has 2 heterocycles. The maximum Gasteiger partial charge on any atom is 0.136 e. The van der Waals surface area contributed by atoms with E-state index in [0.717, 1.165) is 5.75 Å². The zero-order chi connectivity index (χ0) is 13.8. The molecule has 0 aliphatic carbocycles. The quantitative estimate of drug-likeness (QED) is 0.408. The van der Waals surface area contributed by atoms with Crippen molar-refractivity contribution in [2.45, 2.75) is 0 Å². The molecule has 4 aromatic rings. The first-order valence-corrected chi connectivity index (χ1v) is 7.90. The van der Waals surface area contributed by atoms with Crippen LogP contribution in [0.1, 0.15) is 5.56 Å². The monoisotopic (exact) mass is 288 g/mol. The lowest BCUT2D eigenvalue weighted by atomic mass is 9.98. The van der Waals surface area contributed by atoms with Crippen LogP contribution < -0.4 is 4.74 Å². The van der Waals surface area contributed by atoms with Crippen molar-refractivity contribution in [1.82, 2.24) is 0 Å².